The number of aliphatic hydroxyl groups is 7. The maximum absolute atomic E-state index is 11.4. The Morgan fingerprint density at radius 3 is 2.06 bits per heavy atom. The SMILES string of the molecule is CO[C@H]1[C@H](O)[C@@H](O)[C@@H](O[C@H]2C(O)OC[C@@H](O[C@@H]3OC[C@@H](O)[C@H](O)[C@H]3O)[C@@H]2O)O[C@@H]1C(=O)O. The van der Waals surface area contributed by atoms with Crippen molar-refractivity contribution in [3.8, 4) is 0 Å². The van der Waals surface area contributed by atoms with Crippen molar-refractivity contribution in [2.75, 3.05) is 20.3 Å². The molecule has 0 aromatic rings. The van der Waals surface area contributed by atoms with Crippen molar-refractivity contribution in [1.82, 2.24) is 0 Å². The Balaban J connectivity index is 1.68. The first kappa shape index (κ1) is 25.6. The molecule has 3 rings (SSSR count). The van der Waals surface area contributed by atoms with Crippen molar-refractivity contribution in [1.29, 1.82) is 0 Å². The first-order chi connectivity index (χ1) is 15.1. The van der Waals surface area contributed by atoms with Gasteiger partial charge in [-0.05, 0) is 0 Å². The summed E-state index contributed by atoms with van der Waals surface area (Å²) in [5.74, 6) is -1.51. The van der Waals surface area contributed by atoms with Gasteiger partial charge in [-0.15, -0.1) is 0 Å². The Hall–Kier alpha value is -1.05. The predicted molar refractivity (Wildman–Crippen MR) is 94.6 cm³/mol. The van der Waals surface area contributed by atoms with Gasteiger partial charge in [0.15, 0.2) is 25.0 Å². The monoisotopic (exact) mass is 472 g/mol. The molecule has 3 aliphatic heterocycles. The average Bonchev–Trinajstić information content (AvgIpc) is 2.75. The summed E-state index contributed by atoms with van der Waals surface area (Å²) < 4.78 is 31.0. The van der Waals surface area contributed by atoms with E-state index in [0.717, 1.165) is 7.11 Å². The van der Waals surface area contributed by atoms with Crippen molar-refractivity contribution >= 4 is 5.97 Å². The summed E-state index contributed by atoms with van der Waals surface area (Å²) in [7, 11) is 1.11. The molecule has 8 N–H and O–H groups in total. The van der Waals surface area contributed by atoms with Crippen LogP contribution in [0.1, 0.15) is 0 Å². The van der Waals surface area contributed by atoms with Gasteiger partial charge in [0, 0.05) is 7.11 Å². The van der Waals surface area contributed by atoms with Gasteiger partial charge >= 0.3 is 5.97 Å². The maximum atomic E-state index is 11.4. The van der Waals surface area contributed by atoms with Gasteiger partial charge in [-0.1, -0.05) is 0 Å². The van der Waals surface area contributed by atoms with Crippen LogP contribution in [0.2, 0.25) is 0 Å². The Morgan fingerprint density at radius 1 is 0.781 bits per heavy atom. The number of ether oxygens (including phenoxy) is 6. The molecule has 0 bridgehead atoms. The van der Waals surface area contributed by atoms with E-state index in [0.29, 0.717) is 0 Å². The second-order valence-corrected chi connectivity index (χ2v) is 7.68. The Morgan fingerprint density at radius 2 is 1.44 bits per heavy atom. The Kier molecular flexibility index (Phi) is 8.37. The number of carboxylic acid groups (broad SMARTS) is 1. The maximum Gasteiger partial charge on any atom is 0.335 e. The fourth-order valence-electron chi connectivity index (χ4n) is 3.67. The molecular formula is C17H28O15. The molecule has 15 nitrogen and oxygen atoms in total. The minimum Gasteiger partial charge on any atom is -0.479 e. The Bertz CT molecular complexity index is 635. The largest absolute Gasteiger partial charge is 0.479 e. The highest BCUT2D eigenvalue weighted by Gasteiger charge is 2.52. The third-order valence-electron chi connectivity index (χ3n) is 5.54. The van der Waals surface area contributed by atoms with Crippen molar-refractivity contribution in [2.24, 2.45) is 0 Å². The van der Waals surface area contributed by atoms with E-state index in [9.17, 15) is 45.6 Å². The molecule has 0 saturated carbocycles. The molecular weight excluding hydrogens is 444 g/mol. The third kappa shape index (κ3) is 5.05. The number of carbonyl (C=O) groups is 1. The predicted octanol–water partition coefficient (Wildman–Crippen LogP) is -5.55. The summed E-state index contributed by atoms with van der Waals surface area (Å²) in [5.41, 5.74) is 0. The smallest absolute Gasteiger partial charge is 0.335 e. The number of hydrogen-bond acceptors (Lipinski definition) is 14. The molecule has 13 atom stereocenters. The zero-order valence-electron chi connectivity index (χ0n) is 16.9. The quantitative estimate of drug-likeness (QED) is 0.180. The van der Waals surface area contributed by atoms with Crippen LogP contribution in [-0.2, 0) is 33.2 Å². The molecule has 32 heavy (non-hydrogen) atoms. The number of carboxylic acids is 1. The number of aliphatic carboxylic acids is 1. The first-order valence-electron chi connectivity index (χ1n) is 9.78. The number of hydrogen-bond donors (Lipinski definition) is 8. The molecule has 0 aliphatic carbocycles. The van der Waals surface area contributed by atoms with Crippen molar-refractivity contribution in [3.63, 3.8) is 0 Å². The van der Waals surface area contributed by atoms with Crippen LogP contribution in [0.4, 0.5) is 0 Å². The molecule has 1 unspecified atom stereocenters. The van der Waals surface area contributed by atoms with E-state index in [1.165, 1.54) is 0 Å². The van der Waals surface area contributed by atoms with E-state index in [4.69, 9.17) is 28.4 Å². The molecule has 0 aromatic heterocycles. The lowest BCUT2D eigenvalue weighted by Gasteiger charge is -2.45. The zero-order chi connectivity index (χ0) is 23.7. The minimum atomic E-state index is -1.81. The number of aliphatic hydroxyl groups excluding tert-OH is 7. The van der Waals surface area contributed by atoms with Gasteiger partial charge in [-0.2, -0.15) is 0 Å². The molecule has 3 saturated heterocycles. The molecule has 3 heterocycles. The van der Waals surface area contributed by atoms with E-state index in [-0.39, 0.29) is 6.61 Å². The summed E-state index contributed by atoms with van der Waals surface area (Å²) in [6.07, 6.45) is -20.9. The van der Waals surface area contributed by atoms with Gasteiger partial charge in [-0.3, -0.25) is 0 Å². The van der Waals surface area contributed by atoms with E-state index in [1.807, 2.05) is 0 Å². The van der Waals surface area contributed by atoms with E-state index < -0.39 is 92.5 Å². The molecule has 0 amide bonds. The van der Waals surface area contributed by atoms with Gasteiger partial charge in [0.1, 0.15) is 54.9 Å². The molecule has 0 radical (unpaired) electrons. The van der Waals surface area contributed by atoms with Crippen LogP contribution in [0.25, 0.3) is 0 Å². The number of rotatable bonds is 6. The van der Waals surface area contributed by atoms with Crippen LogP contribution in [0.15, 0.2) is 0 Å². The highest BCUT2D eigenvalue weighted by atomic mass is 16.7. The summed E-state index contributed by atoms with van der Waals surface area (Å²) >= 11 is 0. The Labute approximate surface area is 181 Å². The minimum absolute atomic E-state index is 0.355. The molecule has 186 valence electrons. The molecule has 0 aromatic carbocycles. The normalized spacial score (nSPS) is 50.2. The van der Waals surface area contributed by atoms with Gasteiger partial charge in [0.05, 0.1) is 13.2 Å². The third-order valence-corrected chi connectivity index (χ3v) is 5.54. The van der Waals surface area contributed by atoms with E-state index in [1.54, 1.807) is 0 Å². The molecule has 15 heteroatoms. The van der Waals surface area contributed by atoms with Crippen LogP contribution in [0.5, 0.6) is 0 Å². The van der Waals surface area contributed by atoms with Crippen LogP contribution in [0.3, 0.4) is 0 Å². The van der Waals surface area contributed by atoms with E-state index >= 15 is 0 Å². The lowest BCUT2D eigenvalue weighted by Crippen LogP contribution is -2.64. The number of methoxy groups -OCH3 is 1. The van der Waals surface area contributed by atoms with Gasteiger partial charge in [0.2, 0.25) is 0 Å². The van der Waals surface area contributed by atoms with Crippen molar-refractivity contribution in [2.45, 2.75) is 79.9 Å². The standard InChI is InChI=1S/C17H28O15/c1-27-11-8(21)10(23)17(32-13(11)14(24)25)31-12-7(20)5(3-28-15(12)26)30-16-9(22)6(19)4(18)2-29-16/h4-13,15-23,26H,2-3H2,1H3,(H,24,25)/t4-,5-,6+,7+,8-,9-,10-,11+,12-,13+,15?,16+,17+/m1/s1. The molecule has 3 fully saturated rings. The van der Waals surface area contributed by atoms with Crippen molar-refractivity contribution in [3.05, 3.63) is 0 Å². The summed E-state index contributed by atoms with van der Waals surface area (Å²) in [6.45, 7) is -0.750. The van der Waals surface area contributed by atoms with Gasteiger partial charge in [0.25, 0.3) is 0 Å². The summed E-state index contributed by atoms with van der Waals surface area (Å²) in [5, 5.41) is 79.6. The lowest BCUT2D eigenvalue weighted by atomic mass is 9.98. The molecule has 0 spiro atoms. The van der Waals surface area contributed by atoms with Crippen LogP contribution in [-0.4, -0.2) is 147 Å². The summed E-state index contributed by atoms with van der Waals surface area (Å²) in [4.78, 5) is 11.4. The zero-order valence-corrected chi connectivity index (χ0v) is 16.9. The first-order valence-corrected chi connectivity index (χ1v) is 9.78. The van der Waals surface area contributed by atoms with Crippen LogP contribution < -0.4 is 0 Å². The van der Waals surface area contributed by atoms with Crippen LogP contribution in [0, 0.1) is 0 Å². The van der Waals surface area contributed by atoms with Gasteiger partial charge in [-0.25, -0.2) is 4.79 Å². The second kappa shape index (κ2) is 10.5. The summed E-state index contributed by atoms with van der Waals surface area (Å²) in [6, 6.07) is 0. The van der Waals surface area contributed by atoms with Crippen molar-refractivity contribution < 1.29 is 74.1 Å². The average molecular weight is 472 g/mol. The lowest BCUT2D eigenvalue weighted by molar-refractivity contribution is -0.363. The highest BCUT2D eigenvalue weighted by Crippen LogP contribution is 2.29. The highest BCUT2D eigenvalue weighted by molar-refractivity contribution is 5.73. The fraction of sp³-hybridized carbons (Fsp3) is 0.941. The van der Waals surface area contributed by atoms with Gasteiger partial charge < -0.3 is 69.3 Å². The second-order valence-electron chi connectivity index (χ2n) is 7.68. The molecule has 3 aliphatic rings. The van der Waals surface area contributed by atoms with Crippen LogP contribution >= 0.6 is 0 Å². The van der Waals surface area contributed by atoms with E-state index in [2.05, 4.69) is 0 Å². The fourth-order valence-corrected chi connectivity index (χ4v) is 3.67. The topological polar surface area (TPSA) is 234 Å².